The van der Waals surface area contributed by atoms with Crippen LogP contribution >= 0.6 is 24.0 Å². The average Bonchev–Trinajstić information content (AvgIpc) is 3.00. The molecule has 0 spiro atoms. The Kier molecular flexibility index (Phi) is 8.71. The van der Waals surface area contributed by atoms with E-state index < -0.39 is 10.0 Å². The van der Waals surface area contributed by atoms with E-state index in [0.717, 1.165) is 5.82 Å². The monoisotopic (exact) mass is 480 g/mol. The summed E-state index contributed by atoms with van der Waals surface area (Å²) in [5.74, 6) is 1.30. The van der Waals surface area contributed by atoms with Crippen molar-refractivity contribution in [2.24, 2.45) is 12.0 Å². The smallest absolute Gasteiger partial charge is 0.242 e. The van der Waals surface area contributed by atoms with Gasteiger partial charge in [0.15, 0.2) is 5.96 Å². The van der Waals surface area contributed by atoms with Crippen molar-refractivity contribution >= 4 is 40.0 Å². The van der Waals surface area contributed by atoms with Crippen LogP contribution in [0.1, 0.15) is 5.82 Å². The highest BCUT2D eigenvalue weighted by Gasteiger charge is 2.12. The number of aromatic nitrogens is 4. The van der Waals surface area contributed by atoms with Crippen molar-refractivity contribution in [2.45, 2.75) is 11.4 Å². The molecule has 0 aliphatic heterocycles. The van der Waals surface area contributed by atoms with Gasteiger partial charge in [-0.1, -0.05) is 0 Å². The van der Waals surface area contributed by atoms with Gasteiger partial charge in [-0.3, -0.25) is 14.7 Å². The third-order valence-corrected chi connectivity index (χ3v) is 4.54. The average molecular weight is 480 g/mol. The molecule has 0 atom stereocenters. The molecule has 0 aromatic carbocycles. The highest BCUT2D eigenvalue weighted by Crippen LogP contribution is 2.04. The quantitative estimate of drug-likeness (QED) is 0.211. The molecule has 0 saturated heterocycles. The summed E-state index contributed by atoms with van der Waals surface area (Å²) in [6.45, 7) is 1.04. The Hall–Kier alpha value is -1.80. The lowest BCUT2D eigenvalue weighted by Gasteiger charge is -2.12. The normalized spacial score (nSPS) is 11.7. The van der Waals surface area contributed by atoms with Gasteiger partial charge in [0, 0.05) is 39.6 Å². The first-order chi connectivity index (χ1) is 11.5. The van der Waals surface area contributed by atoms with E-state index in [4.69, 9.17) is 0 Å². The number of aryl methyl sites for hydroxylation is 1. The first-order valence-electron chi connectivity index (χ1n) is 7.20. The van der Waals surface area contributed by atoms with Crippen LogP contribution in [-0.4, -0.2) is 54.3 Å². The maximum Gasteiger partial charge on any atom is 0.242 e. The standard InChI is InChI=1S/C13H20N8O2S.HI/c1-14-13(17-9-12-18-10-19-21(12)2)16-6-7-20-24(22,23)11-4-3-5-15-8-11;/h3-5,8,10,20H,6-7,9H2,1-2H3,(H2,14,16,17);1H. The number of hydrogen-bond donors (Lipinski definition) is 3. The van der Waals surface area contributed by atoms with E-state index in [1.807, 2.05) is 0 Å². The number of nitrogens with zero attached hydrogens (tertiary/aromatic N) is 5. The topological polar surface area (TPSA) is 126 Å². The van der Waals surface area contributed by atoms with Crippen molar-refractivity contribution in [1.29, 1.82) is 0 Å². The van der Waals surface area contributed by atoms with Gasteiger partial charge in [-0.25, -0.2) is 18.1 Å². The van der Waals surface area contributed by atoms with E-state index in [0.29, 0.717) is 19.0 Å². The molecule has 0 radical (unpaired) electrons. The zero-order chi connectivity index (χ0) is 17.4. The summed E-state index contributed by atoms with van der Waals surface area (Å²) in [6, 6.07) is 3.06. The molecule has 0 unspecified atom stereocenters. The third-order valence-electron chi connectivity index (χ3n) is 3.10. The van der Waals surface area contributed by atoms with Gasteiger partial charge in [-0.05, 0) is 12.1 Å². The minimum absolute atomic E-state index is 0. The van der Waals surface area contributed by atoms with Crippen molar-refractivity contribution in [3.63, 3.8) is 0 Å². The van der Waals surface area contributed by atoms with Gasteiger partial charge in [0.25, 0.3) is 0 Å². The predicted octanol–water partition coefficient (Wildman–Crippen LogP) is -0.528. The second-order valence-corrected chi connectivity index (χ2v) is 6.51. The van der Waals surface area contributed by atoms with Crippen LogP contribution in [0.15, 0.2) is 40.7 Å². The molecule has 138 valence electrons. The number of nitrogens with one attached hydrogen (secondary N) is 3. The predicted molar refractivity (Wildman–Crippen MR) is 104 cm³/mol. The largest absolute Gasteiger partial charge is 0.355 e. The van der Waals surface area contributed by atoms with Crippen LogP contribution in [0.2, 0.25) is 0 Å². The molecule has 10 nitrogen and oxygen atoms in total. The fraction of sp³-hybridized carbons (Fsp3) is 0.385. The van der Waals surface area contributed by atoms with Crippen LogP contribution in [0.4, 0.5) is 0 Å². The maximum absolute atomic E-state index is 12.0. The van der Waals surface area contributed by atoms with Crippen molar-refractivity contribution in [3.8, 4) is 0 Å². The second-order valence-electron chi connectivity index (χ2n) is 4.74. The van der Waals surface area contributed by atoms with Crippen molar-refractivity contribution in [3.05, 3.63) is 36.7 Å². The number of pyridine rings is 1. The number of sulfonamides is 1. The van der Waals surface area contributed by atoms with Gasteiger partial charge >= 0.3 is 0 Å². The summed E-state index contributed by atoms with van der Waals surface area (Å²) < 4.78 is 28.2. The Morgan fingerprint density at radius 2 is 2.12 bits per heavy atom. The Labute approximate surface area is 163 Å². The minimum atomic E-state index is -3.55. The van der Waals surface area contributed by atoms with Crippen LogP contribution in [0, 0.1) is 0 Å². The van der Waals surface area contributed by atoms with Crippen LogP contribution in [0.3, 0.4) is 0 Å². The Morgan fingerprint density at radius 3 is 2.72 bits per heavy atom. The lowest BCUT2D eigenvalue weighted by molar-refractivity contribution is 0.580. The van der Waals surface area contributed by atoms with Gasteiger partial charge in [-0.15, -0.1) is 24.0 Å². The molecule has 2 aromatic rings. The van der Waals surface area contributed by atoms with Gasteiger partial charge in [-0.2, -0.15) is 5.10 Å². The van der Waals surface area contributed by atoms with Gasteiger partial charge in [0.05, 0.1) is 6.54 Å². The fourth-order valence-electron chi connectivity index (χ4n) is 1.82. The highest BCUT2D eigenvalue weighted by atomic mass is 127. The Balaban J connectivity index is 0.00000312. The van der Waals surface area contributed by atoms with E-state index in [1.54, 1.807) is 24.8 Å². The molecule has 12 heteroatoms. The summed E-state index contributed by atoms with van der Waals surface area (Å²) >= 11 is 0. The van der Waals surface area contributed by atoms with Crippen LogP contribution in [0.5, 0.6) is 0 Å². The molecule has 0 bridgehead atoms. The molecule has 0 aliphatic rings. The lowest BCUT2D eigenvalue weighted by Crippen LogP contribution is -2.41. The number of guanidine groups is 1. The molecular formula is C13H21IN8O2S. The molecule has 0 fully saturated rings. The zero-order valence-corrected chi connectivity index (χ0v) is 17.0. The van der Waals surface area contributed by atoms with Gasteiger partial charge < -0.3 is 10.6 Å². The molecule has 0 amide bonds. The lowest BCUT2D eigenvalue weighted by atomic mass is 10.5. The van der Waals surface area contributed by atoms with Crippen LogP contribution < -0.4 is 15.4 Å². The summed E-state index contributed by atoms with van der Waals surface area (Å²) in [4.78, 5) is 12.1. The van der Waals surface area contributed by atoms with E-state index in [-0.39, 0.29) is 35.4 Å². The van der Waals surface area contributed by atoms with Crippen LogP contribution in [0.25, 0.3) is 0 Å². The molecule has 2 aromatic heterocycles. The summed E-state index contributed by atoms with van der Waals surface area (Å²) in [5.41, 5.74) is 0. The highest BCUT2D eigenvalue weighted by molar-refractivity contribution is 14.0. The molecule has 0 saturated carbocycles. The first-order valence-corrected chi connectivity index (χ1v) is 8.68. The molecule has 2 heterocycles. The molecule has 3 N–H and O–H groups in total. The fourth-order valence-corrected chi connectivity index (χ4v) is 2.81. The van der Waals surface area contributed by atoms with Crippen molar-refractivity contribution in [1.82, 2.24) is 35.1 Å². The molecule has 2 rings (SSSR count). The molecular weight excluding hydrogens is 459 g/mol. The van der Waals surface area contributed by atoms with E-state index in [2.05, 4.69) is 35.4 Å². The van der Waals surface area contributed by atoms with E-state index in [1.165, 1.54) is 24.8 Å². The second kappa shape index (κ2) is 10.2. The summed E-state index contributed by atoms with van der Waals surface area (Å²) in [7, 11) is -0.123. The summed E-state index contributed by atoms with van der Waals surface area (Å²) in [5, 5.41) is 10.1. The van der Waals surface area contributed by atoms with Crippen molar-refractivity contribution < 1.29 is 8.42 Å². The zero-order valence-electron chi connectivity index (χ0n) is 13.9. The maximum atomic E-state index is 12.0. The van der Waals surface area contributed by atoms with Gasteiger partial charge in [0.1, 0.15) is 17.0 Å². The Morgan fingerprint density at radius 1 is 1.32 bits per heavy atom. The van der Waals surface area contributed by atoms with Crippen molar-refractivity contribution in [2.75, 3.05) is 20.1 Å². The number of aliphatic imine (C=N–C) groups is 1. The number of halogens is 1. The summed E-state index contributed by atoms with van der Waals surface area (Å²) in [6.07, 6.45) is 4.30. The first kappa shape index (κ1) is 21.2. The number of hydrogen-bond acceptors (Lipinski definition) is 6. The SMILES string of the molecule is CN=C(NCCNS(=O)(=O)c1cccnc1)NCc1ncnn1C.I. The number of rotatable bonds is 7. The van der Waals surface area contributed by atoms with E-state index >= 15 is 0 Å². The van der Waals surface area contributed by atoms with Crippen LogP contribution in [-0.2, 0) is 23.6 Å². The van der Waals surface area contributed by atoms with E-state index in [9.17, 15) is 8.42 Å². The van der Waals surface area contributed by atoms with Gasteiger partial charge in [0.2, 0.25) is 10.0 Å². The minimum Gasteiger partial charge on any atom is -0.355 e. The third kappa shape index (κ3) is 6.55. The Bertz CT molecular complexity index is 778. The molecule has 25 heavy (non-hydrogen) atoms. The molecule has 0 aliphatic carbocycles.